The Hall–Kier alpha value is -1.91. The summed E-state index contributed by atoms with van der Waals surface area (Å²) in [7, 11) is 0. The average molecular weight is 331 g/mol. The standard InChI is InChI=1S/C17H15ClN2OS/c1-10(2)16(21)19-11-7-8-12(13(18)9-11)17-20-14-5-3-4-6-15(14)22-17/h3-10H,1-2H3,(H,19,21). The van der Waals surface area contributed by atoms with Crippen LogP contribution in [0.4, 0.5) is 5.69 Å². The highest BCUT2D eigenvalue weighted by Crippen LogP contribution is 2.35. The normalized spacial score (nSPS) is 11.1. The molecule has 0 unspecified atom stereocenters. The van der Waals surface area contributed by atoms with E-state index in [0.29, 0.717) is 10.7 Å². The Kier molecular flexibility index (Phi) is 4.14. The largest absolute Gasteiger partial charge is 0.326 e. The molecule has 0 saturated heterocycles. The van der Waals surface area contributed by atoms with Gasteiger partial charge in [0.15, 0.2) is 0 Å². The molecule has 5 heteroatoms. The lowest BCUT2D eigenvalue weighted by Crippen LogP contribution is -2.17. The van der Waals surface area contributed by atoms with Gasteiger partial charge in [0, 0.05) is 17.2 Å². The van der Waals surface area contributed by atoms with Crippen molar-refractivity contribution >= 4 is 44.7 Å². The smallest absolute Gasteiger partial charge is 0.226 e. The van der Waals surface area contributed by atoms with Crippen molar-refractivity contribution in [3.05, 3.63) is 47.5 Å². The van der Waals surface area contributed by atoms with Gasteiger partial charge in [-0.1, -0.05) is 37.6 Å². The third kappa shape index (κ3) is 2.98. The third-order valence-corrected chi connectivity index (χ3v) is 4.67. The number of benzene rings is 2. The first-order valence-electron chi connectivity index (χ1n) is 7.01. The number of para-hydroxylation sites is 1. The summed E-state index contributed by atoms with van der Waals surface area (Å²) in [4.78, 5) is 16.3. The van der Waals surface area contributed by atoms with E-state index < -0.39 is 0 Å². The Morgan fingerprint density at radius 1 is 1.23 bits per heavy atom. The summed E-state index contributed by atoms with van der Waals surface area (Å²) in [6.45, 7) is 3.71. The first kappa shape index (κ1) is 15.0. The lowest BCUT2D eigenvalue weighted by Gasteiger charge is -2.09. The summed E-state index contributed by atoms with van der Waals surface area (Å²) >= 11 is 7.98. The highest BCUT2D eigenvalue weighted by molar-refractivity contribution is 7.21. The maximum absolute atomic E-state index is 11.7. The van der Waals surface area contributed by atoms with E-state index in [9.17, 15) is 4.79 Å². The Balaban J connectivity index is 1.93. The second kappa shape index (κ2) is 6.07. The molecule has 1 aromatic heterocycles. The second-order valence-corrected chi connectivity index (χ2v) is 6.76. The van der Waals surface area contributed by atoms with E-state index in [-0.39, 0.29) is 11.8 Å². The monoisotopic (exact) mass is 330 g/mol. The van der Waals surface area contributed by atoms with Gasteiger partial charge in [0.1, 0.15) is 5.01 Å². The van der Waals surface area contributed by atoms with Crippen LogP contribution < -0.4 is 5.32 Å². The Bertz CT molecular complexity index is 809. The molecule has 1 heterocycles. The number of thiazole rings is 1. The summed E-state index contributed by atoms with van der Waals surface area (Å²) in [5.41, 5.74) is 2.55. The van der Waals surface area contributed by atoms with Crippen LogP contribution in [0.5, 0.6) is 0 Å². The van der Waals surface area contributed by atoms with Gasteiger partial charge < -0.3 is 5.32 Å². The van der Waals surface area contributed by atoms with Crippen molar-refractivity contribution in [3.8, 4) is 10.6 Å². The predicted octanol–water partition coefficient (Wildman–Crippen LogP) is 5.21. The molecule has 1 N–H and O–H groups in total. The van der Waals surface area contributed by atoms with E-state index >= 15 is 0 Å². The Labute approximate surface area is 138 Å². The number of hydrogen-bond acceptors (Lipinski definition) is 3. The quantitative estimate of drug-likeness (QED) is 0.716. The maximum atomic E-state index is 11.7. The van der Waals surface area contributed by atoms with Crippen LogP contribution in [0, 0.1) is 5.92 Å². The summed E-state index contributed by atoms with van der Waals surface area (Å²) in [6.07, 6.45) is 0. The minimum atomic E-state index is -0.0669. The minimum absolute atomic E-state index is 0.0243. The first-order chi connectivity index (χ1) is 10.5. The molecule has 0 saturated carbocycles. The van der Waals surface area contributed by atoms with Gasteiger partial charge in [-0.3, -0.25) is 4.79 Å². The van der Waals surface area contributed by atoms with Crippen LogP contribution in [-0.2, 0) is 4.79 Å². The van der Waals surface area contributed by atoms with Crippen LogP contribution in [0.15, 0.2) is 42.5 Å². The number of rotatable bonds is 3. The fourth-order valence-corrected chi connectivity index (χ4v) is 3.37. The van der Waals surface area contributed by atoms with Crippen molar-refractivity contribution in [2.45, 2.75) is 13.8 Å². The number of carbonyl (C=O) groups is 1. The van der Waals surface area contributed by atoms with E-state index in [1.54, 1.807) is 17.4 Å². The molecular weight excluding hydrogens is 316 g/mol. The third-order valence-electron chi connectivity index (χ3n) is 3.29. The molecule has 0 bridgehead atoms. The van der Waals surface area contributed by atoms with Crippen molar-refractivity contribution in [2.24, 2.45) is 5.92 Å². The zero-order valence-corrected chi connectivity index (χ0v) is 13.8. The van der Waals surface area contributed by atoms with Crippen molar-refractivity contribution in [3.63, 3.8) is 0 Å². The zero-order valence-electron chi connectivity index (χ0n) is 12.3. The molecule has 112 valence electrons. The highest BCUT2D eigenvalue weighted by Gasteiger charge is 2.12. The number of aromatic nitrogens is 1. The van der Waals surface area contributed by atoms with Gasteiger partial charge in [0.25, 0.3) is 0 Å². The fraction of sp³-hybridized carbons (Fsp3) is 0.176. The van der Waals surface area contributed by atoms with E-state index in [4.69, 9.17) is 11.6 Å². The maximum Gasteiger partial charge on any atom is 0.226 e. The molecule has 3 aromatic rings. The number of hydrogen-bond donors (Lipinski definition) is 1. The van der Waals surface area contributed by atoms with E-state index in [1.165, 1.54) is 0 Å². The molecule has 0 aliphatic carbocycles. The van der Waals surface area contributed by atoms with Crippen LogP contribution >= 0.6 is 22.9 Å². The number of nitrogens with one attached hydrogen (secondary N) is 1. The molecule has 0 radical (unpaired) electrons. The number of carbonyl (C=O) groups excluding carboxylic acids is 1. The number of halogens is 1. The van der Waals surface area contributed by atoms with Crippen LogP contribution in [0.3, 0.4) is 0 Å². The molecule has 22 heavy (non-hydrogen) atoms. The molecule has 3 nitrogen and oxygen atoms in total. The van der Waals surface area contributed by atoms with Crippen LogP contribution in [-0.4, -0.2) is 10.9 Å². The fourth-order valence-electron chi connectivity index (χ4n) is 2.04. The lowest BCUT2D eigenvalue weighted by atomic mass is 10.1. The zero-order chi connectivity index (χ0) is 15.7. The topological polar surface area (TPSA) is 42.0 Å². The summed E-state index contributed by atoms with van der Waals surface area (Å²) in [6, 6.07) is 13.5. The number of anilines is 1. The molecule has 1 amide bonds. The first-order valence-corrected chi connectivity index (χ1v) is 8.20. The van der Waals surface area contributed by atoms with E-state index in [0.717, 1.165) is 20.8 Å². The highest BCUT2D eigenvalue weighted by atomic mass is 35.5. The van der Waals surface area contributed by atoms with Gasteiger partial charge >= 0.3 is 0 Å². The number of fused-ring (bicyclic) bond motifs is 1. The molecule has 0 aliphatic heterocycles. The van der Waals surface area contributed by atoms with Crippen LogP contribution in [0.2, 0.25) is 5.02 Å². The molecule has 0 spiro atoms. The molecule has 0 atom stereocenters. The molecule has 0 aliphatic rings. The molecule has 2 aromatic carbocycles. The van der Waals surface area contributed by atoms with Gasteiger partial charge in [0.2, 0.25) is 5.91 Å². The Morgan fingerprint density at radius 2 is 2.00 bits per heavy atom. The summed E-state index contributed by atoms with van der Waals surface area (Å²) in [5, 5.41) is 4.31. The van der Waals surface area contributed by atoms with Crippen LogP contribution in [0.25, 0.3) is 20.8 Å². The SMILES string of the molecule is CC(C)C(=O)Nc1ccc(-c2nc3ccccc3s2)c(Cl)c1. The van der Waals surface area contributed by atoms with Gasteiger partial charge in [-0.15, -0.1) is 11.3 Å². The second-order valence-electron chi connectivity index (χ2n) is 5.33. The van der Waals surface area contributed by atoms with Gasteiger partial charge in [-0.25, -0.2) is 4.98 Å². The summed E-state index contributed by atoms with van der Waals surface area (Å²) < 4.78 is 1.13. The predicted molar refractivity (Wildman–Crippen MR) is 93.5 cm³/mol. The number of amides is 1. The summed E-state index contributed by atoms with van der Waals surface area (Å²) in [5.74, 6) is -0.0912. The van der Waals surface area contributed by atoms with Gasteiger partial charge in [-0.05, 0) is 30.3 Å². The minimum Gasteiger partial charge on any atom is -0.326 e. The van der Waals surface area contributed by atoms with Gasteiger partial charge in [-0.2, -0.15) is 0 Å². The van der Waals surface area contributed by atoms with E-state index in [2.05, 4.69) is 10.3 Å². The molecule has 0 fully saturated rings. The Morgan fingerprint density at radius 3 is 2.68 bits per heavy atom. The van der Waals surface area contributed by atoms with Gasteiger partial charge in [0.05, 0.1) is 15.2 Å². The van der Waals surface area contributed by atoms with Crippen LogP contribution in [0.1, 0.15) is 13.8 Å². The molecular formula is C17H15ClN2OS. The van der Waals surface area contributed by atoms with Crippen molar-refractivity contribution < 1.29 is 4.79 Å². The molecule has 3 rings (SSSR count). The average Bonchev–Trinajstić information content (AvgIpc) is 2.90. The van der Waals surface area contributed by atoms with E-state index in [1.807, 2.05) is 50.2 Å². The lowest BCUT2D eigenvalue weighted by molar-refractivity contribution is -0.118. The number of nitrogens with zero attached hydrogens (tertiary/aromatic N) is 1. The van der Waals surface area contributed by atoms with Crippen molar-refractivity contribution in [2.75, 3.05) is 5.32 Å². The van der Waals surface area contributed by atoms with Crippen molar-refractivity contribution in [1.29, 1.82) is 0 Å². The van der Waals surface area contributed by atoms with Crippen molar-refractivity contribution in [1.82, 2.24) is 4.98 Å².